The van der Waals surface area contributed by atoms with Gasteiger partial charge in [-0.25, -0.2) is 13.2 Å². The maximum Gasteiger partial charge on any atom is 0.358 e. The highest BCUT2D eigenvalue weighted by Crippen LogP contribution is 2.16. The van der Waals surface area contributed by atoms with E-state index in [9.17, 15) is 13.2 Å². The quantitative estimate of drug-likeness (QED) is 0.903. The van der Waals surface area contributed by atoms with Gasteiger partial charge in [0, 0.05) is 6.07 Å². The first-order valence-corrected chi connectivity index (χ1v) is 7.63. The molecule has 0 aliphatic carbocycles. The molecule has 0 fully saturated rings. The highest BCUT2D eigenvalue weighted by molar-refractivity contribution is 7.89. The van der Waals surface area contributed by atoms with Gasteiger partial charge in [0.15, 0.2) is 21.3 Å². The number of hydrogen-bond acceptors (Lipinski definition) is 5. The van der Waals surface area contributed by atoms with E-state index >= 15 is 0 Å². The lowest BCUT2D eigenvalue weighted by atomic mass is 10.1. The van der Waals surface area contributed by atoms with E-state index in [1.165, 1.54) is 0 Å². The van der Waals surface area contributed by atoms with Crippen LogP contribution in [0.15, 0.2) is 34.9 Å². The Kier molecular flexibility index (Phi) is 3.89. The van der Waals surface area contributed by atoms with E-state index in [2.05, 4.69) is 5.16 Å². The molecule has 1 aromatic heterocycles. The summed E-state index contributed by atoms with van der Waals surface area (Å²) in [5, 5.41) is 12.0. The molecular formula is C13H13NO5S. The number of hydrogen-bond donors (Lipinski definition) is 1. The Morgan fingerprint density at radius 2 is 2.00 bits per heavy atom. The lowest BCUT2D eigenvalue weighted by Gasteiger charge is -2.05. The van der Waals surface area contributed by atoms with Crippen LogP contribution in [0.25, 0.3) is 0 Å². The molecule has 0 atom stereocenters. The number of carboxylic acid groups (broad SMARTS) is 1. The smallest absolute Gasteiger partial charge is 0.358 e. The molecular weight excluding hydrogens is 282 g/mol. The molecule has 0 unspecified atom stereocenters. The molecule has 1 heterocycles. The van der Waals surface area contributed by atoms with Crippen molar-refractivity contribution < 1.29 is 22.8 Å². The number of aromatic carboxylic acids is 1. The molecule has 7 heteroatoms. The molecule has 1 N–H and O–H groups in total. The minimum absolute atomic E-state index is 0.0241. The summed E-state index contributed by atoms with van der Waals surface area (Å²) in [6.07, 6.45) is 0. The number of benzene rings is 1. The van der Waals surface area contributed by atoms with Gasteiger partial charge in [0.05, 0.1) is 5.75 Å². The van der Waals surface area contributed by atoms with Crippen molar-refractivity contribution in [2.24, 2.45) is 0 Å². The van der Waals surface area contributed by atoms with Crippen LogP contribution in [0, 0.1) is 6.92 Å². The van der Waals surface area contributed by atoms with Gasteiger partial charge in [0.2, 0.25) is 0 Å². The Balaban J connectivity index is 2.15. The van der Waals surface area contributed by atoms with E-state index < -0.39 is 15.8 Å². The number of nitrogens with zero attached hydrogens (tertiary/aromatic N) is 1. The first-order valence-electron chi connectivity index (χ1n) is 5.81. The average Bonchev–Trinajstić information content (AvgIpc) is 2.79. The van der Waals surface area contributed by atoms with Crippen LogP contribution in [0.2, 0.25) is 0 Å². The van der Waals surface area contributed by atoms with E-state index in [1.807, 2.05) is 19.1 Å². The lowest BCUT2D eigenvalue weighted by Crippen LogP contribution is -2.08. The van der Waals surface area contributed by atoms with E-state index in [0.717, 1.165) is 11.6 Å². The summed E-state index contributed by atoms with van der Waals surface area (Å²) in [6.45, 7) is 1.84. The van der Waals surface area contributed by atoms with Crippen LogP contribution in [-0.2, 0) is 21.3 Å². The third-order valence-electron chi connectivity index (χ3n) is 2.78. The Hall–Kier alpha value is -2.15. The second kappa shape index (κ2) is 5.46. The molecule has 0 radical (unpaired) electrons. The Labute approximate surface area is 115 Å². The summed E-state index contributed by atoms with van der Waals surface area (Å²) in [4.78, 5) is 10.6. The zero-order chi connectivity index (χ0) is 14.8. The molecule has 1 aromatic carbocycles. The summed E-state index contributed by atoms with van der Waals surface area (Å²) < 4.78 is 28.9. The van der Waals surface area contributed by atoms with E-state index in [-0.39, 0.29) is 23.0 Å². The highest BCUT2D eigenvalue weighted by atomic mass is 32.2. The number of carboxylic acids is 1. The van der Waals surface area contributed by atoms with Crippen molar-refractivity contribution in [2.75, 3.05) is 0 Å². The van der Waals surface area contributed by atoms with Gasteiger partial charge in [-0.3, -0.25) is 0 Å². The molecule has 6 nitrogen and oxygen atoms in total. The van der Waals surface area contributed by atoms with Crippen LogP contribution in [0.4, 0.5) is 0 Å². The first-order chi connectivity index (χ1) is 9.37. The second-order valence-electron chi connectivity index (χ2n) is 4.44. The predicted molar refractivity (Wildman–Crippen MR) is 71.0 cm³/mol. The Bertz CT molecular complexity index is 733. The van der Waals surface area contributed by atoms with Gasteiger partial charge in [-0.15, -0.1) is 0 Å². The summed E-state index contributed by atoms with van der Waals surface area (Å²) in [7, 11) is -3.45. The summed E-state index contributed by atoms with van der Waals surface area (Å²) in [5.74, 6) is -1.73. The van der Waals surface area contributed by atoms with Crippen LogP contribution in [0.1, 0.15) is 27.4 Å². The van der Waals surface area contributed by atoms with Gasteiger partial charge in [0.25, 0.3) is 0 Å². The van der Waals surface area contributed by atoms with Gasteiger partial charge in [-0.05, 0) is 18.1 Å². The van der Waals surface area contributed by atoms with Gasteiger partial charge in [-0.1, -0.05) is 29.4 Å². The minimum atomic E-state index is -3.45. The van der Waals surface area contributed by atoms with Crippen molar-refractivity contribution in [3.05, 3.63) is 52.9 Å². The lowest BCUT2D eigenvalue weighted by molar-refractivity contribution is 0.0685. The van der Waals surface area contributed by atoms with Crippen LogP contribution < -0.4 is 0 Å². The van der Waals surface area contributed by atoms with Gasteiger partial charge < -0.3 is 9.63 Å². The fraction of sp³-hybridized carbons (Fsp3) is 0.231. The van der Waals surface area contributed by atoms with Crippen molar-refractivity contribution in [3.8, 4) is 0 Å². The van der Waals surface area contributed by atoms with Crippen molar-refractivity contribution >= 4 is 15.8 Å². The van der Waals surface area contributed by atoms with E-state index in [1.54, 1.807) is 12.1 Å². The van der Waals surface area contributed by atoms with Gasteiger partial charge in [0.1, 0.15) is 5.75 Å². The predicted octanol–water partition coefficient (Wildman–Crippen LogP) is 1.80. The normalized spacial score (nSPS) is 11.4. The maximum absolute atomic E-state index is 12.1. The fourth-order valence-corrected chi connectivity index (χ4v) is 3.23. The summed E-state index contributed by atoms with van der Waals surface area (Å²) in [6, 6.07) is 8.31. The molecule has 2 rings (SSSR count). The van der Waals surface area contributed by atoms with Crippen LogP contribution in [0.5, 0.6) is 0 Å². The number of aryl methyl sites for hydroxylation is 1. The molecule has 0 amide bonds. The van der Waals surface area contributed by atoms with Gasteiger partial charge >= 0.3 is 5.97 Å². The monoisotopic (exact) mass is 295 g/mol. The maximum atomic E-state index is 12.1. The van der Waals surface area contributed by atoms with Crippen LogP contribution >= 0.6 is 0 Å². The second-order valence-corrected chi connectivity index (χ2v) is 6.51. The molecule has 0 aliphatic heterocycles. The minimum Gasteiger partial charge on any atom is -0.476 e. The largest absolute Gasteiger partial charge is 0.476 e. The van der Waals surface area contributed by atoms with E-state index in [4.69, 9.17) is 9.63 Å². The number of sulfone groups is 1. The standard InChI is InChI=1S/C13H13NO5S/c1-9-4-2-3-5-10(9)7-20(17,18)8-11-6-12(13(15)16)14-19-11/h2-6H,7-8H2,1H3,(H,15,16). The van der Waals surface area contributed by atoms with Crippen molar-refractivity contribution in [1.82, 2.24) is 5.16 Å². The van der Waals surface area contributed by atoms with E-state index in [0.29, 0.717) is 5.56 Å². The molecule has 20 heavy (non-hydrogen) atoms. The SMILES string of the molecule is Cc1ccccc1CS(=O)(=O)Cc1cc(C(=O)O)no1. The first kappa shape index (κ1) is 14.3. The molecule has 0 saturated carbocycles. The number of carbonyl (C=O) groups is 1. The summed E-state index contributed by atoms with van der Waals surface area (Å²) in [5.41, 5.74) is 1.30. The highest BCUT2D eigenvalue weighted by Gasteiger charge is 2.19. The fourth-order valence-electron chi connectivity index (χ4n) is 1.76. The number of aromatic nitrogens is 1. The molecule has 2 aromatic rings. The van der Waals surface area contributed by atoms with Gasteiger partial charge in [-0.2, -0.15) is 0 Å². The van der Waals surface area contributed by atoms with Crippen LogP contribution in [0.3, 0.4) is 0 Å². The molecule has 0 spiro atoms. The zero-order valence-corrected chi connectivity index (χ0v) is 11.6. The van der Waals surface area contributed by atoms with Crippen molar-refractivity contribution in [3.63, 3.8) is 0 Å². The Morgan fingerprint density at radius 1 is 1.30 bits per heavy atom. The zero-order valence-electron chi connectivity index (χ0n) is 10.7. The average molecular weight is 295 g/mol. The Morgan fingerprint density at radius 3 is 2.60 bits per heavy atom. The van der Waals surface area contributed by atoms with Crippen molar-refractivity contribution in [1.29, 1.82) is 0 Å². The third-order valence-corrected chi connectivity index (χ3v) is 4.25. The summed E-state index contributed by atoms with van der Waals surface area (Å²) >= 11 is 0. The third kappa shape index (κ3) is 3.45. The molecule has 0 saturated heterocycles. The topological polar surface area (TPSA) is 97.5 Å². The van der Waals surface area contributed by atoms with Crippen molar-refractivity contribution in [2.45, 2.75) is 18.4 Å². The van der Waals surface area contributed by atoms with Crippen LogP contribution in [-0.4, -0.2) is 24.7 Å². The molecule has 0 aliphatic rings. The number of rotatable bonds is 5. The molecule has 0 bridgehead atoms. The molecule has 106 valence electrons.